The second-order valence-electron chi connectivity index (χ2n) is 2.94. The Morgan fingerprint density at radius 1 is 1.56 bits per heavy atom. The van der Waals surface area contributed by atoms with E-state index in [9.17, 15) is 4.57 Å². The van der Waals surface area contributed by atoms with E-state index in [1.807, 2.05) is 0 Å². The fourth-order valence-electron chi connectivity index (χ4n) is 1.20. The van der Waals surface area contributed by atoms with Crippen LogP contribution in [-0.4, -0.2) is 14.8 Å². The molecule has 0 saturated heterocycles. The van der Waals surface area contributed by atoms with Crippen LogP contribution in [0.3, 0.4) is 0 Å². The number of nitrogens with zero attached hydrogens (tertiary/aromatic N) is 1. The summed E-state index contributed by atoms with van der Waals surface area (Å²) in [6.45, 7) is 0. The maximum absolute atomic E-state index is 11.2. The lowest BCUT2D eigenvalue weighted by Gasteiger charge is -2.01. The van der Waals surface area contributed by atoms with Gasteiger partial charge in [0.25, 0.3) is 0 Å². The molecule has 0 radical (unpaired) electrons. The van der Waals surface area contributed by atoms with Gasteiger partial charge in [0.05, 0.1) is 11.6 Å². The van der Waals surface area contributed by atoms with Crippen molar-refractivity contribution in [3.8, 4) is 11.5 Å². The van der Waals surface area contributed by atoms with Gasteiger partial charge in [-0.2, -0.15) is 0 Å². The van der Waals surface area contributed by atoms with Gasteiger partial charge in [-0.3, -0.25) is 4.57 Å². The molecule has 8 heteroatoms. The number of halogens is 1. The quantitative estimate of drug-likeness (QED) is 0.667. The van der Waals surface area contributed by atoms with E-state index < -0.39 is 7.60 Å². The Morgan fingerprint density at radius 2 is 2.31 bits per heavy atom. The van der Waals surface area contributed by atoms with Crippen LogP contribution in [0.15, 0.2) is 22.1 Å². The predicted octanol–water partition coefficient (Wildman–Crippen LogP) is 2.10. The molecule has 0 aliphatic rings. The number of hydrogen-bond donors (Lipinski definition) is 2. The summed E-state index contributed by atoms with van der Waals surface area (Å²) in [4.78, 5) is 22.4. The van der Waals surface area contributed by atoms with E-state index in [0.717, 1.165) is 5.01 Å². The lowest BCUT2D eigenvalue weighted by molar-refractivity contribution is 0.387. The van der Waals surface area contributed by atoms with Gasteiger partial charge in [-0.1, -0.05) is 15.9 Å². The Hall–Kier alpha value is -0.460. The summed E-state index contributed by atoms with van der Waals surface area (Å²) < 4.78 is 16.2. The Balaban J connectivity index is 2.49. The predicted molar refractivity (Wildman–Crippen MR) is 64.1 cm³/mol. The standard InChI is InChI=1S/C8H7BrNO4PS/c9-3-7-10-5(4-16-7)8-6(1-2-14-8)15(11,12)13/h1-2,4H,3H2,(H2,11,12,13). The molecule has 0 atom stereocenters. The maximum atomic E-state index is 11.2. The molecule has 16 heavy (non-hydrogen) atoms. The summed E-state index contributed by atoms with van der Waals surface area (Å²) in [7, 11) is -4.31. The third-order valence-electron chi connectivity index (χ3n) is 1.86. The first-order valence-corrected chi connectivity index (χ1v) is 7.78. The van der Waals surface area contributed by atoms with E-state index in [2.05, 4.69) is 20.9 Å². The molecule has 2 heterocycles. The van der Waals surface area contributed by atoms with Gasteiger partial charge in [0.1, 0.15) is 16.0 Å². The molecule has 2 rings (SSSR count). The van der Waals surface area contributed by atoms with Gasteiger partial charge in [0, 0.05) is 5.38 Å². The van der Waals surface area contributed by atoms with Crippen molar-refractivity contribution in [3.63, 3.8) is 0 Å². The van der Waals surface area contributed by atoms with Crippen LogP contribution in [0.1, 0.15) is 5.01 Å². The van der Waals surface area contributed by atoms with Crippen molar-refractivity contribution in [2.45, 2.75) is 5.33 Å². The molecular formula is C8H7BrNO4PS. The highest BCUT2D eigenvalue weighted by Crippen LogP contribution is 2.38. The third-order valence-corrected chi connectivity index (χ3v) is 4.59. The van der Waals surface area contributed by atoms with E-state index >= 15 is 0 Å². The highest BCUT2D eigenvalue weighted by atomic mass is 79.9. The first kappa shape index (κ1) is 12.0. The minimum Gasteiger partial charge on any atom is -0.462 e. The lowest BCUT2D eigenvalue weighted by Crippen LogP contribution is -2.03. The van der Waals surface area contributed by atoms with Crippen LogP contribution >= 0.6 is 34.9 Å². The van der Waals surface area contributed by atoms with Crippen molar-refractivity contribution in [1.82, 2.24) is 4.98 Å². The van der Waals surface area contributed by atoms with Crippen LogP contribution in [0.4, 0.5) is 0 Å². The van der Waals surface area contributed by atoms with Gasteiger partial charge in [0.2, 0.25) is 0 Å². The summed E-state index contributed by atoms with van der Waals surface area (Å²) in [5, 5.41) is 3.00. The number of aromatic nitrogens is 1. The summed E-state index contributed by atoms with van der Waals surface area (Å²) >= 11 is 4.65. The largest absolute Gasteiger partial charge is 0.462 e. The number of hydrogen-bond acceptors (Lipinski definition) is 4. The van der Waals surface area contributed by atoms with Gasteiger partial charge in [-0.15, -0.1) is 11.3 Å². The zero-order valence-electron chi connectivity index (χ0n) is 7.83. The summed E-state index contributed by atoms with van der Waals surface area (Å²) in [6, 6.07) is 1.27. The fourth-order valence-corrected chi connectivity index (χ4v) is 3.03. The third kappa shape index (κ3) is 2.28. The molecule has 86 valence electrons. The van der Waals surface area contributed by atoms with Gasteiger partial charge in [-0.25, -0.2) is 4.98 Å². The SMILES string of the molecule is O=P(O)(O)c1ccoc1-c1csc(CBr)n1. The van der Waals surface area contributed by atoms with Gasteiger partial charge < -0.3 is 14.2 Å². The molecule has 0 amide bonds. The van der Waals surface area contributed by atoms with Crippen molar-refractivity contribution in [3.05, 3.63) is 22.7 Å². The molecule has 2 aromatic heterocycles. The van der Waals surface area contributed by atoms with Gasteiger partial charge >= 0.3 is 7.60 Å². The van der Waals surface area contributed by atoms with Crippen LogP contribution in [0.2, 0.25) is 0 Å². The smallest absolute Gasteiger partial charge is 0.360 e. The first-order valence-electron chi connectivity index (χ1n) is 4.16. The van der Waals surface area contributed by atoms with Crippen molar-refractivity contribution < 1.29 is 18.8 Å². The van der Waals surface area contributed by atoms with Crippen molar-refractivity contribution in [1.29, 1.82) is 0 Å². The molecule has 0 fully saturated rings. The maximum Gasteiger partial charge on any atom is 0.360 e. The van der Waals surface area contributed by atoms with Crippen LogP contribution in [-0.2, 0) is 9.90 Å². The average molecular weight is 324 g/mol. The molecule has 0 aromatic carbocycles. The normalized spacial score (nSPS) is 11.9. The zero-order valence-corrected chi connectivity index (χ0v) is 11.1. The molecule has 5 nitrogen and oxygen atoms in total. The minimum atomic E-state index is -4.31. The monoisotopic (exact) mass is 323 g/mol. The molecule has 0 spiro atoms. The number of alkyl halides is 1. The molecule has 0 unspecified atom stereocenters. The van der Waals surface area contributed by atoms with Crippen LogP contribution in [0.25, 0.3) is 11.5 Å². The minimum absolute atomic E-state index is 0.126. The number of furan rings is 1. The molecule has 0 bridgehead atoms. The van der Waals surface area contributed by atoms with Gasteiger partial charge in [0.15, 0.2) is 5.76 Å². The second kappa shape index (κ2) is 4.43. The Kier molecular flexibility index (Phi) is 3.32. The Morgan fingerprint density at radius 3 is 2.88 bits per heavy atom. The van der Waals surface area contributed by atoms with E-state index in [0.29, 0.717) is 11.0 Å². The Bertz CT molecular complexity index is 546. The summed E-state index contributed by atoms with van der Waals surface area (Å²) in [6.07, 6.45) is 1.25. The number of rotatable bonds is 3. The first-order chi connectivity index (χ1) is 7.52. The van der Waals surface area contributed by atoms with Crippen LogP contribution in [0.5, 0.6) is 0 Å². The van der Waals surface area contributed by atoms with Gasteiger partial charge in [-0.05, 0) is 6.07 Å². The van der Waals surface area contributed by atoms with Crippen molar-refractivity contribution in [2.24, 2.45) is 0 Å². The molecule has 2 aromatic rings. The topological polar surface area (TPSA) is 83.6 Å². The zero-order chi connectivity index (χ0) is 11.8. The van der Waals surface area contributed by atoms with Crippen molar-refractivity contribution >= 4 is 40.2 Å². The molecular weight excluding hydrogens is 317 g/mol. The number of thiazole rings is 1. The average Bonchev–Trinajstić information content (AvgIpc) is 2.84. The van der Waals surface area contributed by atoms with E-state index in [-0.39, 0.29) is 11.1 Å². The highest BCUT2D eigenvalue weighted by Gasteiger charge is 2.26. The molecule has 0 aliphatic carbocycles. The van der Waals surface area contributed by atoms with Crippen LogP contribution < -0.4 is 5.30 Å². The van der Waals surface area contributed by atoms with E-state index in [1.54, 1.807) is 5.38 Å². The molecule has 2 N–H and O–H groups in total. The van der Waals surface area contributed by atoms with Crippen molar-refractivity contribution in [2.75, 3.05) is 0 Å². The highest BCUT2D eigenvalue weighted by molar-refractivity contribution is 9.08. The van der Waals surface area contributed by atoms with E-state index in [4.69, 9.17) is 14.2 Å². The lowest BCUT2D eigenvalue weighted by atomic mass is 10.4. The fraction of sp³-hybridized carbons (Fsp3) is 0.125. The Labute approximate surface area is 103 Å². The second-order valence-corrected chi connectivity index (χ2v) is 6.01. The summed E-state index contributed by atoms with van der Waals surface area (Å²) in [5.74, 6) is 0.136. The molecule has 0 saturated carbocycles. The molecule has 0 aliphatic heterocycles. The van der Waals surface area contributed by atoms with Crippen LogP contribution in [0, 0.1) is 0 Å². The summed E-state index contributed by atoms with van der Waals surface area (Å²) in [5.41, 5.74) is 0.447. The van der Waals surface area contributed by atoms with E-state index in [1.165, 1.54) is 23.7 Å².